The van der Waals surface area contributed by atoms with Gasteiger partial charge in [-0.05, 0) is 42.7 Å². The maximum absolute atomic E-state index is 13.1. The highest BCUT2D eigenvalue weighted by molar-refractivity contribution is 6.42. The topological polar surface area (TPSA) is 67.9 Å². The van der Waals surface area contributed by atoms with Crippen LogP contribution in [-0.2, 0) is 16.1 Å². The zero-order valence-corrected chi connectivity index (χ0v) is 19.7. The van der Waals surface area contributed by atoms with Gasteiger partial charge >= 0.3 is 0 Å². The molecule has 0 aliphatic carbocycles. The third-order valence-electron chi connectivity index (χ3n) is 4.61. The van der Waals surface area contributed by atoms with Crippen molar-refractivity contribution in [1.82, 2.24) is 10.2 Å². The normalized spacial score (nSPS) is 11.7. The van der Waals surface area contributed by atoms with E-state index in [1.807, 2.05) is 19.9 Å². The predicted octanol–water partition coefficient (Wildman–Crippen LogP) is 4.57. The third kappa shape index (κ3) is 7.33. The summed E-state index contributed by atoms with van der Waals surface area (Å²) in [4.78, 5) is 27.2. The van der Waals surface area contributed by atoms with Crippen LogP contribution in [0.5, 0.6) is 11.5 Å². The zero-order chi connectivity index (χ0) is 23.0. The van der Waals surface area contributed by atoms with Crippen LogP contribution in [0.4, 0.5) is 0 Å². The molecule has 168 valence electrons. The zero-order valence-electron chi connectivity index (χ0n) is 18.2. The summed E-state index contributed by atoms with van der Waals surface area (Å²) in [5.74, 6) is 0.687. The Morgan fingerprint density at radius 1 is 1.03 bits per heavy atom. The van der Waals surface area contributed by atoms with Gasteiger partial charge in [0.25, 0.3) is 5.91 Å². The van der Waals surface area contributed by atoms with E-state index < -0.39 is 6.04 Å². The molecule has 0 aliphatic rings. The van der Waals surface area contributed by atoms with Crippen LogP contribution in [0.2, 0.25) is 10.0 Å². The van der Waals surface area contributed by atoms with Crippen LogP contribution in [0, 0.1) is 5.92 Å². The minimum Gasteiger partial charge on any atom is -0.493 e. The summed E-state index contributed by atoms with van der Waals surface area (Å²) in [5, 5.41) is 3.68. The second-order valence-corrected chi connectivity index (χ2v) is 8.34. The number of carbonyl (C=O) groups excluding carboxylic acids is 2. The highest BCUT2D eigenvalue weighted by Crippen LogP contribution is 2.26. The summed E-state index contributed by atoms with van der Waals surface area (Å²) in [5.41, 5.74) is 0.753. The molecule has 0 aromatic heterocycles. The molecule has 0 unspecified atom stereocenters. The molecule has 0 aliphatic heterocycles. The van der Waals surface area contributed by atoms with Crippen molar-refractivity contribution >= 4 is 35.0 Å². The van der Waals surface area contributed by atoms with Crippen LogP contribution in [0.1, 0.15) is 26.3 Å². The summed E-state index contributed by atoms with van der Waals surface area (Å²) < 4.78 is 10.9. The van der Waals surface area contributed by atoms with Gasteiger partial charge in [0.05, 0.1) is 17.2 Å². The molecule has 8 heteroatoms. The molecule has 31 heavy (non-hydrogen) atoms. The van der Waals surface area contributed by atoms with E-state index in [0.717, 1.165) is 5.56 Å². The van der Waals surface area contributed by atoms with Crippen molar-refractivity contribution in [1.29, 1.82) is 0 Å². The first-order chi connectivity index (χ1) is 14.7. The maximum atomic E-state index is 13.1. The number of carbonyl (C=O) groups is 2. The lowest BCUT2D eigenvalue weighted by molar-refractivity contribution is -0.142. The van der Waals surface area contributed by atoms with E-state index in [4.69, 9.17) is 32.7 Å². The van der Waals surface area contributed by atoms with Crippen LogP contribution in [0.3, 0.4) is 0 Å². The molecule has 2 amide bonds. The molecule has 1 N–H and O–H groups in total. The number of hydrogen-bond donors (Lipinski definition) is 1. The van der Waals surface area contributed by atoms with Gasteiger partial charge in [0, 0.05) is 13.1 Å². The molecule has 0 saturated heterocycles. The molecule has 6 nitrogen and oxygen atoms in total. The van der Waals surface area contributed by atoms with Crippen molar-refractivity contribution in [3.05, 3.63) is 58.1 Å². The Morgan fingerprint density at radius 2 is 1.71 bits per heavy atom. The van der Waals surface area contributed by atoms with Crippen molar-refractivity contribution in [3.8, 4) is 11.5 Å². The average molecular weight is 467 g/mol. The van der Waals surface area contributed by atoms with Gasteiger partial charge in [-0.25, -0.2) is 0 Å². The molecular formula is C23H28Cl2N2O4. The number of para-hydroxylation sites is 2. The standard InChI is InChI=1S/C23H28Cl2N2O4/c1-15(2)12-26-23(29)16(3)27(13-17-9-10-18(24)19(25)11-17)22(28)14-31-21-8-6-5-7-20(21)30-4/h5-11,15-16H,12-14H2,1-4H3,(H,26,29)/t16-/m0/s1. The number of methoxy groups -OCH3 is 1. The average Bonchev–Trinajstić information content (AvgIpc) is 2.76. The molecule has 2 aromatic carbocycles. The number of hydrogen-bond acceptors (Lipinski definition) is 4. The number of halogens is 2. The van der Waals surface area contributed by atoms with E-state index in [2.05, 4.69) is 5.32 Å². The monoisotopic (exact) mass is 466 g/mol. The predicted molar refractivity (Wildman–Crippen MR) is 123 cm³/mol. The van der Waals surface area contributed by atoms with Crippen molar-refractivity contribution in [2.75, 3.05) is 20.3 Å². The van der Waals surface area contributed by atoms with Gasteiger partial charge in [-0.2, -0.15) is 0 Å². The summed E-state index contributed by atoms with van der Waals surface area (Å²) in [6.45, 7) is 6.16. The Labute approximate surface area is 193 Å². The lowest BCUT2D eigenvalue weighted by atomic mass is 10.1. The van der Waals surface area contributed by atoms with Gasteiger partial charge in [0.15, 0.2) is 18.1 Å². The summed E-state index contributed by atoms with van der Waals surface area (Å²) in [6, 6.07) is 11.5. The Hall–Kier alpha value is -2.44. The first-order valence-electron chi connectivity index (χ1n) is 9.99. The minimum atomic E-state index is -0.707. The second kappa shape index (κ2) is 11.8. The molecule has 1 atom stereocenters. The molecule has 0 heterocycles. The van der Waals surface area contributed by atoms with Crippen molar-refractivity contribution in [3.63, 3.8) is 0 Å². The molecule has 0 fully saturated rings. The lowest BCUT2D eigenvalue weighted by Gasteiger charge is -2.29. The van der Waals surface area contributed by atoms with Crippen LogP contribution in [-0.4, -0.2) is 43.0 Å². The molecule has 0 saturated carbocycles. The third-order valence-corrected chi connectivity index (χ3v) is 5.35. The largest absolute Gasteiger partial charge is 0.493 e. The van der Waals surface area contributed by atoms with E-state index in [9.17, 15) is 9.59 Å². The summed E-state index contributed by atoms with van der Waals surface area (Å²) in [7, 11) is 1.53. The van der Waals surface area contributed by atoms with E-state index in [-0.39, 0.29) is 25.0 Å². The number of nitrogens with zero attached hydrogens (tertiary/aromatic N) is 1. The van der Waals surface area contributed by atoms with Crippen LogP contribution in [0.15, 0.2) is 42.5 Å². The Kier molecular flexibility index (Phi) is 9.46. The Bertz CT molecular complexity index is 905. The Morgan fingerprint density at radius 3 is 2.32 bits per heavy atom. The van der Waals surface area contributed by atoms with Crippen LogP contribution in [0.25, 0.3) is 0 Å². The highest BCUT2D eigenvalue weighted by atomic mass is 35.5. The molecule has 0 spiro atoms. The highest BCUT2D eigenvalue weighted by Gasteiger charge is 2.27. The van der Waals surface area contributed by atoms with Gasteiger partial charge < -0.3 is 19.7 Å². The number of amides is 2. The first-order valence-corrected chi connectivity index (χ1v) is 10.8. The first kappa shape index (κ1) is 24.8. The van der Waals surface area contributed by atoms with Gasteiger partial charge in [-0.3, -0.25) is 9.59 Å². The fourth-order valence-corrected chi connectivity index (χ4v) is 3.15. The molecule has 0 bridgehead atoms. The maximum Gasteiger partial charge on any atom is 0.261 e. The van der Waals surface area contributed by atoms with Crippen LogP contribution < -0.4 is 14.8 Å². The fourth-order valence-electron chi connectivity index (χ4n) is 2.83. The molecular weight excluding hydrogens is 439 g/mol. The van der Waals surface area contributed by atoms with Gasteiger partial charge in [0.1, 0.15) is 6.04 Å². The number of nitrogens with one attached hydrogen (secondary N) is 1. The van der Waals surface area contributed by atoms with Crippen molar-refractivity contribution < 1.29 is 19.1 Å². The summed E-state index contributed by atoms with van der Waals surface area (Å²) >= 11 is 12.1. The van der Waals surface area contributed by atoms with E-state index in [1.165, 1.54) is 12.0 Å². The molecule has 2 rings (SSSR count). The van der Waals surface area contributed by atoms with Gasteiger partial charge in [0.2, 0.25) is 5.91 Å². The smallest absolute Gasteiger partial charge is 0.261 e. The minimum absolute atomic E-state index is 0.182. The van der Waals surface area contributed by atoms with Crippen molar-refractivity contribution in [2.24, 2.45) is 5.92 Å². The molecule has 0 radical (unpaired) electrons. The fraction of sp³-hybridized carbons (Fsp3) is 0.391. The van der Waals surface area contributed by atoms with Gasteiger partial charge in [-0.1, -0.05) is 55.2 Å². The number of rotatable bonds is 10. The SMILES string of the molecule is COc1ccccc1OCC(=O)N(Cc1ccc(Cl)c(Cl)c1)[C@@H](C)C(=O)NCC(C)C. The number of benzene rings is 2. The Balaban J connectivity index is 2.19. The lowest BCUT2D eigenvalue weighted by Crippen LogP contribution is -2.49. The van der Waals surface area contributed by atoms with E-state index in [1.54, 1.807) is 43.3 Å². The quantitative estimate of drug-likeness (QED) is 0.556. The number of ether oxygens (including phenoxy) is 2. The van der Waals surface area contributed by atoms with Crippen molar-refractivity contribution in [2.45, 2.75) is 33.4 Å². The molecule has 2 aromatic rings. The van der Waals surface area contributed by atoms with Gasteiger partial charge in [-0.15, -0.1) is 0 Å². The van der Waals surface area contributed by atoms with E-state index in [0.29, 0.717) is 34.0 Å². The second-order valence-electron chi connectivity index (χ2n) is 7.52. The van der Waals surface area contributed by atoms with Crippen LogP contribution >= 0.6 is 23.2 Å². The summed E-state index contributed by atoms with van der Waals surface area (Å²) in [6.07, 6.45) is 0. The van der Waals surface area contributed by atoms with E-state index >= 15 is 0 Å².